The second kappa shape index (κ2) is 9.02. The lowest BCUT2D eigenvalue weighted by Gasteiger charge is -2.10. The number of benzene rings is 2. The number of fused-ring (bicyclic) bond motifs is 1. The van der Waals surface area contributed by atoms with Gasteiger partial charge in [0.25, 0.3) is 15.7 Å². The molecule has 0 aliphatic heterocycles. The highest BCUT2D eigenvalue weighted by molar-refractivity contribution is 7.92. The van der Waals surface area contributed by atoms with Gasteiger partial charge in [-0.1, -0.05) is 17.3 Å². The highest BCUT2D eigenvalue weighted by atomic mass is 32.2. The van der Waals surface area contributed by atoms with E-state index in [4.69, 9.17) is 4.52 Å². The number of nitrogens with one attached hydrogen (secondary N) is 2. The lowest BCUT2D eigenvalue weighted by molar-refractivity contribution is -0.384. The van der Waals surface area contributed by atoms with Gasteiger partial charge in [-0.05, 0) is 43.7 Å². The van der Waals surface area contributed by atoms with Crippen molar-refractivity contribution < 1.29 is 17.9 Å². The first-order chi connectivity index (χ1) is 17.2. The van der Waals surface area contributed by atoms with Crippen LogP contribution in [-0.4, -0.2) is 28.5 Å². The van der Waals surface area contributed by atoms with Crippen LogP contribution in [0.1, 0.15) is 11.3 Å². The Hall–Kier alpha value is -4.36. The summed E-state index contributed by atoms with van der Waals surface area (Å²) in [5, 5.41) is 20.8. The lowest BCUT2D eigenvalue weighted by atomic mass is 10.1. The maximum atomic E-state index is 12.8. The fraction of sp³-hybridized carbons (Fsp3) is 0.0870. The van der Waals surface area contributed by atoms with Crippen LogP contribution in [-0.2, 0) is 10.0 Å². The normalized spacial score (nSPS) is 11.5. The van der Waals surface area contributed by atoms with E-state index in [2.05, 4.69) is 25.2 Å². The van der Waals surface area contributed by atoms with Crippen LogP contribution >= 0.6 is 11.3 Å². The molecule has 0 saturated carbocycles. The molecule has 3 heterocycles. The van der Waals surface area contributed by atoms with Crippen LogP contribution in [0.5, 0.6) is 0 Å². The third-order valence-corrected chi connectivity index (χ3v) is 7.78. The predicted octanol–water partition coefficient (Wildman–Crippen LogP) is 5.42. The predicted molar refractivity (Wildman–Crippen MR) is 136 cm³/mol. The van der Waals surface area contributed by atoms with Crippen molar-refractivity contribution >= 4 is 54.7 Å². The zero-order valence-electron chi connectivity index (χ0n) is 18.9. The van der Waals surface area contributed by atoms with E-state index in [1.54, 1.807) is 38.1 Å². The Morgan fingerprint density at radius 2 is 1.86 bits per heavy atom. The van der Waals surface area contributed by atoms with Crippen molar-refractivity contribution in [2.75, 3.05) is 10.0 Å². The Morgan fingerprint density at radius 1 is 1.08 bits per heavy atom. The van der Waals surface area contributed by atoms with Crippen LogP contribution in [0.2, 0.25) is 0 Å². The average Bonchev–Trinajstić information content (AvgIpc) is 3.44. The zero-order chi connectivity index (χ0) is 25.4. The summed E-state index contributed by atoms with van der Waals surface area (Å²) in [6, 6.07) is 12.5. The summed E-state index contributed by atoms with van der Waals surface area (Å²) in [6.07, 6.45) is 1.42. The number of aryl methyl sites for hydroxylation is 1. The van der Waals surface area contributed by atoms with E-state index in [-0.39, 0.29) is 16.5 Å². The minimum absolute atomic E-state index is 0.0145. The van der Waals surface area contributed by atoms with Gasteiger partial charge in [-0.25, -0.2) is 23.1 Å². The third kappa shape index (κ3) is 4.36. The summed E-state index contributed by atoms with van der Waals surface area (Å²) in [5.74, 6) is 0.563. The number of anilines is 3. The van der Waals surface area contributed by atoms with Gasteiger partial charge >= 0.3 is 0 Å². The van der Waals surface area contributed by atoms with Gasteiger partial charge in [-0.3, -0.25) is 10.1 Å². The molecule has 13 heteroatoms. The Balaban J connectivity index is 1.44. The molecule has 0 radical (unpaired) electrons. The fourth-order valence-corrected chi connectivity index (χ4v) is 5.48. The number of nitrogens with zero attached hydrogens (tertiary/aromatic N) is 4. The number of rotatable bonds is 7. The molecule has 5 rings (SSSR count). The Labute approximate surface area is 209 Å². The molecule has 0 aliphatic rings. The molecule has 2 N–H and O–H groups in total. The van der Waals surface area contributed by atoms with Gasteiger partial charge in [-0.2, -0.15) is 0 Å². The first kappa shape index (κ1) is 23.4. The van der Waals surface area contributed by atoms with Crippen molar-refractivity contribution in [3.63, 3.8) is 0 Å². The summed E-state index contributed by atoms with van der Waals surface area (Å²) >= 11 is 1.39. The van der Waals surface area contributed by atoms with E-state index < -0.39 is 14.9 Å². The molecular weight excluding hydrogens is 504 g/mol. The molecule has 0 spiro atoms. The van der Waals surface area contributed by atoms with Gasteiger partial charge in [-0.15, -0.1) is 11.3 Å². The molecule has 0 amide bonds. The number of aromatic nitrogens is 3. The van der Waals surface area contributed by atoms with Gasteiger partial charge in [0, 0.05) is 34.3 Å². The van der Waals surface area contributed by atoms with Gasteiger partial charge in [0.05, 0.1) is 20.9 Å². The number of hydrogen-bond acceptors (Lipinski definition) is 10. The lowest BCUT2D eigenvalue weighted by Crippen LogP contribution is -2.13. The van der Waals surface area contributed by atoms with Crippen molar-refractivity contribution in [2.24, 2.45) is 0 Å². The van der Waals surface area contributed by atoms with E-state index in [1.807, 2.05) is 5.38 Å². The van der Waals surface area contributed by atoms with Crippen molar-refractivity contribution in [2.45, 2.75) is 18.7 Å². The quantitative estimate of drug-likeness (QED) is 0.211. The molecule has 0 aliphatic carbocycles. The molecule has 36 heavy (non-hydrogen) atoms. The summed E-state index contributed by atoms with van der Waals surface area (Å²) in [5.41, 5.74) is 3.21. The first-order valence-electron chi connectivity index (χ1n) is 10.5. The molecule has 0 unspecified atom stereocenters. The standard InChI is InChI=1S/C23H18N6O5S2/c1-13-14(2)27-34-22(13)28-36(32,33)18-8-6-16(7-9-18)26-21-20-19(11-35-23(20)25-12-24-21)15-4-3-5-17(10-15)29(30)31/h3-12,28H,1-2H3,(H,24,25,26). The largest absolute Gasteiger partial charge is 0.340 e. The highest BCUT2D eigenvalue weighted by Crippen LogP contribution is 2.38. The number of nitro groups is 1. The Morgan fingerprint density at radius 3 is 2.56 bits per heavy atom. The van der Waals surface area contributed by atoms with Gasteiger partial charge in [0.15, 0.2) is 0 Å². The minimum Gasteiger partial charge on any atom is -0.340 e. The maximum absolute atomic E-state index is 12.8. The summed E-state index contributed by atoms with van der Waals surface area (Å²) < 4.78 is 33.0. The summed E-state index contributed by atoms with van der Waals surface area (Å²) in [7, 11) is -3.88. The number of nitro benzene ring substituents is 1. The molecule has 0 atom stereocenters. The maximum Gasteiger partial charge on any atom is 0.270 e. The van der Waals surface area contributed by atoms with E-state index >= 15 is 0 Å². The third-order valence-electron chi connectivity index (χ3n) is 5.55. The summed E-state index contributed by atoms with van der Waals surface area (Å²) in [6.45, 7) is 3.44. The Kier molecular flexibility index (Phi) is 5.86. The molecule has 3 aromatic heterocycles. The highest BCUT2D eigenvalue weighted by Gasteiger charge is 2.20. The molecule has 0 bridgehead atoms. The smallest absolute Gasteiger partial charge is 0.270 e. The average molecular weight is 523 g/mol. The first-order valence-corrected chi connectivity index (χ1v) is 12.9. The molecule has 5 aromatic rings. The van der Waals surface area contributed by atoms with Crippen molar-refractivity contribution in [1.82, 2.24) is 15.1 Å². The zero-order valence-corrected chi connectivity index (χ0v) is 20.6. The van der Waals surface area contributed by atoms with Crippen LogP contribution in [0.25, 0.3) is 21.3 Å². The van der Waals surface area contributed by atoms with Gasteiger partial charge in [0.1, 0.15) is 17.0 Å². The Bertz CT molecular complexity index is 1710. The molecule has 2 aromatic carbocycles. The van der Waals surface area contributed by atoms with Crippen molar-refractivity contribution in [3.05, 3.63) is 81.6 Å². The minimum atomic E-state index is -3.88. The van der Waals surface area contributed by atoms with Gasteiger partial charge < -0.3 is 9.84 Å². The summed E-state index contributed by atoms with van der Waals surface area (Å²) in [4.78, 5) is 20.2. The van der Waals surface area contributed by atoms with Crippen LogP contribution in [0, 0.1) is 24.0 Å². The van der Waals surface area contributed by atoms with Crippen LogP contribution < -0.4 is 10.0 Å². The SMILES string of the molecule is Cc1noc(NS(=O)(=O)c2ccc(Nc3ncnc4scc(-c5cccc([N+](=O)[O-])c5)c34)cc2)c1C. The second-order valence-electron chi connectivity index (χ2n) is 7.84. The molecular formula is C23H18N6O5S2. The number of hydrogen-bond donors (Lipinski definition) is 2. The van der Waals surface area contributed by atoms with Crippen LogP contribution in [0.3, 0.4) is 0 Å². The number of thiophene rings is 1. The van der Waals surface area contributed by atoms with E-state index in [0.717, 1.165) is 5.56 Å². The van der Waals surface area contributed by atoms with Crippen LogP contribution in [0.15, 0.2) is 69.7 Å². The second-order valence-corrected chi connectivity index (χ2v) is 10.4. The van der Waals surface area contributed by atoms with Gasteiger partial charge in [0.2, 0.25) is 5.88 Å². The molecule has 182 valence electrons. The van der Waals surface area contributed by atoms with E-state index in [9.17, 15) is 18.5 Å². The number of sulfonamides is 1. The van der Waals surface area contributed by atoms with Crippen molar-refractivity contribution in [3.8, 4) is 11.1 Å². The molecule has 11 nitrogen and oxygen atoms in total. The van der Waals surface area contributed by atoms with E-state index in [1.165, 1.54) is 41.9 Å². The monoisotopic (exact) mass is 522 g/mol. The van der Waals surface area contributed by atoms with E-state index in [0.29, 0.717) is 38.5 Å². The number of non-ortho nitro benzene ring substituents is 1. The fourth-order valence-electron chi connectivity index (χ4n) is 3.52. The van der Waals surface area contributed by atoms with Crippen LogP contribution in [0.4, 0.5) is 23.1 Å². The molecule has 0 saturated heterocycles. The topological polar surface area (TPSA) is 153 Å². The molecule has 0 fully saturated rings. The van der Waals surface area contributed by atoms with Crippen molar-refractivity contribution in [1.29, 1.82) is 0 Å².